The molecule has 0 aromatic heterocycles. The highest BCUT2D eigenvalue weighted by molar-refractivity contribution is 9.10. The fraction of sp³-hybridized carbons (Fsp3) is 0.533. The number of rotatable bonds is 3. The topological polar surface area (TPSA) is 44.4 Å². The molecule has 1 aromatic carbocycles. The number of hydrogen-bond donors (Lipinski definition) is 2. The Morgan fingerprint density at radius 3 is 2.95 bits per heavy atom. The first-order valence-corrected chi connectivity index (χ1v) is 8.02. The maximum atomic E-state index is 12.0. The van der Waals surface area contributed by atoms with E-state index < -0.39 is 0 Å². The van der Waals surface area contributed by atoms with Gasteiger partial charge in [0.25, 0.3) is 0 Å². The number of fused-ring (bicyclic) bond motifs is 1. The van der Waals surface area contributed by atoms with Crippen LogP contribution in [0.2, 0.25) is 0 Å². The number of halogens is 1. The molecular weight excluding hydrogens is 318 g/mol. The molecule has 4 nitrogen and oxygen atoms in total. The van der Waals surface area contributed by atoms with Crippen molar-refractivity contribution in [1.29, 1.82) is 0 Å². The van der Waals surface area contributed by atoms with Crippen molar-refractivity contribution in [2.75, 3.05) is 29.9 Å². The second-order valence-electron chi connectivity index (χ2n) is 5.71. The highest BCUT2D eigenvalue weighted by Gasteiger charge is 2.32. The Kier molecular flexibility index (Phi) is 3.73. The molecule has 2 atom stereocenters. The lowest BCUT2D eigenvalue weighted by molar-refractivity contribution is -0.117. The number of anilines is 2. The minimum absolute atomic E-state index is 0.0423. The molecule has 0 bridgehead atoms. The molecule has 108 valence electrons. The zero-order valence-electron chi connectivity index (χ0n) is 11.9. The van der Waals surface area contributed by atoms with Crippen LogP contribution < -0.4 is 15.5 Å². The summed E-state index contributed by atoms with van der Waals surface area (Å²) < 4.78 is 1.07. The summed E-state index contributed by atoms with van der Waals surface area (Å²) in [6.07, 6.45) is 1.23. The number of carbonyl (C=O) groups excluding carboxylic acids is 1. The predicted molar refractivity (Wildman–Crippen MR) is 85.2 cm³/mol. The van der Waals surface area contributed by atoms with E-state index in [4.69, 9.17) is 0 Å². The summed E-state index contributed by atoms with van der Waals surface area (Å²) in [5, 5.41) is 6.21. The van der Waals surface area contributed by atoms with E-state index in [0.29, 0.717) is 0 Å². The van der Waals surface area contributed by atoms with Crippen LogP contribution in [0, 0.1) is 5.92 Å². The van der Waals surface area contributed by atoms with Gasteiger partial charge in [-0.25, -0.2) is 0 Å². The average Bonchev–Trinajstić information content (AvgIpc) is 2.95. The van der Waals surface area contributed by atoms with Crippen LogP contribution in [0.4, 0.5) is 11.4 Å². The number of likely N-dealkylation sites (N-methyl/N-ethyl adjacent to an activating group) is 1. The second kappa shape index (κ2) is 5.37. The highest BCUT2D eigenvalue weighted by atomic mass is 79.9. The molecule has 2 unspecified atom stereocenters. The summed E-state index contributed by atoms with van der Waals surface area (Å²) >= 11 is 3.67. The summed E-state index contributed by atoms with van der Waals surface area (Å²) in [6.45, 7) is 7.25. The van der Waals surface area contributed by atoms with E-state index >= 15 is 0 Å². The molecule has 0 spiro atoms. The third-order valence-electron chi connectivity index (χ3n) is 4.12. The number of carbonyl (C=O) groups is 1. The fourth-order valence-corrected chi connectivity index (χ4v) is 3.69. The first kappa shape index (κ1) is 13.9. The van der Waals surface area contributed by atoms with Crippen molar-refractivity contribution in [2.45, 2.75) is 26.3 Å². The van der Waals surface area contributed by atoms with E-state index in [9.17, 15) is 4.79 Å². The number of amides is 1. The molecule has 0 saturated carbocycles. The monoisotopic (exact) mass is 337 g/mol. The van der Waals surface area contributed by atoms with Gasteiger partial charge < -0.3 is 15.5 Å². The van der Waals surface area contributed by atoms with Gasteiger partial charge in [-0.2, -0.15) is 0 Å². The van der Waals surface area contributed by atoms with Crippen molar-refractivity contribution >= 4 is 33.2 Å². The van der Waals surface area contributed by atoms with Gasteiger partial charge in [-0.15, -0.1) is 0 Å². The summed E-state index contributed by atoms with van der Waals surface area (Å²) in [4.78, 5) is 14.4. The predicted octanol–water partition coefficient (Wildman–Crippen LogP) is 2.90. The van der Waals surface area contributed by atoms with Gasteiger partial charge in [0.05, 0.1) is 5.69 Å². The van der Waals surface area contributed by atoms with Crippen LogP contribution in [0.25, 0.3) is 0 Å². The van der Waals surface area contributed by atoms with Crippen molar-refractivity contribution in [1.82, 2.24) is 5.32 Å². The first-order chi connectivity index (χ1) is 9.60. The molecule has 20 heavy (non-hydrogen) atoms. The minimum atomic E-state index is -0.224. The van der Waals surface area contributed by atoms with Gasteiger partial charge >= 0.3 is 0 Å². The van der Waals surface area contributed by atoms with Crippen LogP contribution in [0.15, 0.2) is 16.6 Å². The van der Waals surface area contributed by atoms with Gasteiger partial charge in [0, 0.05) is 28.8 Å². The molecule has 2 heterocycles. The molecule has 2 aliphatic rings. The Balaban J connectivity index is 1.94. The van der Waals surface area contributed by atoms with Crippen LogP contribution in [-0.2, 0) is 4.79 Å². The van der Waals surface area contributed by atoms with Gasteiger partial charge in [0.2, 0.25) is 5.91 Å². The van der Waals surface area contributed by atoms with Crippen molar-refractivity contribution in [3.05, 3.63) is 22.2 Å². The van der Waals surface area contributed by atoms with E-state index in [1.165, 1.54) is 12.1 Å². The summed E-state index contributed by atoms with van der Waals surface area (Å²) in [6, 6.07) is 3.96. The zero-order chi connectivity index (χ0) is 14.3. The quantitative estimate of drug-likeness (QED) is 0.891. The Morgan fingerprint density at radius 1 is 1.50 bits per heavy atom. The summed E-state index contributed by atoms with van der Waals surface area (Å²) in [5.74, 6) is 0.778. The molecule has 0 aliphatic carbocycles. The average molecular weight is 338 g/mol. The van der Waals surface area contributed by atoms with E-state index in [2.05, 4.69) is 50.5 Å². The molecule has 2 aliphatic heterocycles. The number of nitrogens with one attached hydrogen (secondary N) is 2. The highest BCUT2D eigenvalue weighted by Crippen LogP contribution is 2.40. The standard InChI is InChI=1S/C15H20BrN3O/c1-3-17-14-10-6-11(16)13(7-12(10)18-15(14)20)19-5-4-9(2)8-19/h6-7,9,14,17H,3-5,8H2,1-2H3,(H,18,20). The fourth-order valence-electron chi connectivity index (χ4n) is 3.07. The van der Waals surface area contributed by atoms with E-state index in [1.807, 2.05) is 6.92 Å². The molecule has 1 aromatic rings. The number of hydrogen-bond acceptors (Lipinski definition) is 3. The smallest absolute Gasteiger partial charge is 0.246 e. The van der Waals surface area contributed by atoms with Gasteiger partial charge in [0.15, 0.2) is 0 Å². The summed E-state index contributed by atoms with van der Waals surface area (Å²) in [7, 11) is 0. The minimum Gasteiger partial charge on any atom is -0.370 e. The SMILES string of the molecule is CCNC1C(=O)Nc2cc(N3CCC(C)C3)c(Br)cc21. The van der Waals surface area contributed by atoms with Crippen LogP contribution in [-0.4, -0.2) is 25.5 Å². The normalized spacial score (nSPS) is 24.9. The molecular formula is C15H20BrN3O. The Bertz CT molecular complexity index is 546. The molecule has 5 heteroatoms. The van der Waals surface area contributed by atoms with Crippen LogP contribution >= 0.6 is 15.9 Å². The van der Waals surface area contributed by atoms with Crippen molar-refractivity contribution in [3.63, 3.8) is 0 Å². The largest absolute Gasteiger partial charge is 0.370 e. The molecule has 1 amide bonds. The Hall–Kier alpha value is -1.07. The van der Waals surface area contributed by atoms with Gasteiger partial charge in [0.1, 0.15) is 6.04 Å². The molecule has 2 N–H and O–H groups in total. The van der Waals surface area contributed by atoms with Crippen molar-refractivity contribution in [2.24, 2.45) is 5.92 Å². The number of nitrogens with zero attached hydrogens (tertiary/aromatic N) is 1. The third kappa shape index (κ3) is 2.33. The van der Waals surface area contributed by atoms with Crippen LogP contribution in [0.3, 0.4) is 0 Å². The molecule has 3 rings (SSSR count). The first-order valence-electron chi connectivity index (χ1n) is 7.22. The Labute approximate surface area is 128 Å². The van der Waals surface area contributed by atoms with E-state index in [-0.39, 0.29) is 11.9 Å². The maximum Gasteiger partial charge on any atom is 0.246 e. The zero-order valence-corrected chi connectivity index (χ0v) is 13.5. The van der Waals surface area contributed by atoms with Gasteiger partial charge in [-0.05, 0) is 46.9 Å². The summed E-state index contributed by atoms with van der Waals surface area (Å²) in [5.41, 5.74) is 3.17. The van der Waals surface area contributed by atoms with Gasteiger partial charge in [-0.1, -0.05) is 13.8 Å². The maximum absolute atomic E-state index is 12.0. The molecule has 1 saturated heterocycles. The van der Waals surface area contributed by atoms with Crippen molar-refractivity contribution < 1.29 is 4.79 Å². The van der Waals surface area contributed by atoms with Crippen molar-refractivity contribution in [3.8, 4) is 0 Å². The number of benzene rings is 1. The van der Waals surface area contributed by atoms with E-state index in [0.717, 1.165) is 41.3 Å². The van der Waals surface area contributed by atoms with E-state index in [1.54, 1.807) is 0 Å². The van der Waals surface area contributed by atoms with Crippen LogP contribution in [0.5, 0.6) is 0 Å². The lowest BCUT2D eigenvalue weighted by Gasteiger charge is -2.21. The van der Waals surface area contributed by atoms with Gasteiger partial charge in [-0.3, -0.25) is 4.79 Å². The second-order valence-corrected chi connectivity index (χ2v) is 6.57. The lowest BCUT2D eigenvalue weighted by atomic mass is 10.1. The lowest BCUT2D eigenvalue weighted by Crippen LogP contribution is -2.27. The molecule has 1 fully saturated rings. The van der Waals surface area contributed by atoms with Crippen LogP contribution in [0.1, 0.15) is 31.9 Å². The Morgan fingerprint density at radius 2 is 2.30 bits per heavy atom. The third-order valence-corrected chi connectivity index (χ3v) is 4.76. The molecule has 0 radical (unpaired) electrons.